The molecule has 1 aliphatic carbocycles. The van der Waals surface area contributed by atoms with Crippen LogP contribution in [0.25, 0.3) is 0 Å². The number of aromatic nitrogens is 3. The molecule has 1 aliphatic rings. The molecule has 1 aromatic heterocycles. The molecule has 0 unspecified atom stereocenters. The summed E-state index contributed by atoms with van der Waals surface area (Å²) in [6.07, 6.45) is 10.1. The van der Waals surface area contributed by atoms with E-state index in [1.54, 1.807) is 0 Å². The fraction of sp³-hybridized carbons (Fsp3) is 0.818. The molecular formula is C11H20N4S. The maximum Gasteiger partial charge on any atom is 0.150 e. The summed E-state index contributed by atoms with van der Waals surface area (Å²) in [4.78, 5) is 0. The Hall–Kier alpha value is -0.550. The van der Waals surface area contributed by atoms with E-state index in [1.807, 2.05) is 18.1 Å². The van der Waals surface area contributed by atoms with E-state index < -0.39 is 0 Å². The maximum atomic E-state index is 6.16. The highest BCUT2D eigenvalue weighted by molar-refractivity contribution is 7.98. The Morgan fingerprint density at radius 2 is 2.31 bits per heavy atom. The summed E-state index contributed by atoms with van der Waals surface area (Å²) in [6.45, 7) is 0. The van der Waals surface area contributed by atoms with Crippen molar-refractivity contribution < 1.29 is 0 Å². The number of hydrogen-bond acceptors (Lipinski definition) is 4. The van der Waals surface area contributed by atoms with Crippen molar-refractivity contribution in [3.63, 3.8) is 0 Å². The van der Waals surface area contributed by atoms with E-state index in [9.17, 15) is 0 Å². The van der Waals surface area contributed by atoms with E-state index >= 15 is 0 Å². The van der Waals surface area contributed by atoms with Crippen molar-refractivity contribution in [1.29, 1.82) is 0 Å². The van der Waals surface area contributed by atoms with Crippen molar-refractivity contribution in [1.82, 2.24) is 14.8 Å². The van der Waals surface area contributed by atoms with Crippen molar-refractivity contribution in [2.24, 2.45) is 5.73 Å². The molecule has 0 spiro atoms. The summed E-state index contributed by atoms with van der Waals surface area (Å²) in [5.41, 5.74) is 6.16. The van der Waals surface area contributed by atoms with Gasteiger partial charge in [0.15, 0.2) is 0 Å². The van der Waals surface area contributed by atoms with Gasteiger partial charge in [0.05, 0.1) is 6.04 Å². The predicted molar refractivity (Wildman–Crippen MR) is 67.5 cm³/mol. The van der Waals surface area contributed by atoms with Gasteiger partial charge in [-0.2, -0.15) is 11.8 Å². The highest BCUT2D eigenvalue weighted by Gasteiger charge is 2.22. The Morgan fingerprint density at radius 3 is 3.00 bits per heavy atom. The molecule has 0 aromatic carbocycles. The lowest BCUT2D eigenvalue weighted by Gasteiger charge is -2.17. The van der Waals surface area contributed by atoms with E-state index in [-0.39, 0.29) is 6.04 Å². The fourth-order valence-corrected chi connectivity index (χ4v) is 2.84. The monoisotopic (exact) mass is 240 g/mol. The van der Waals surface area contributed by atoms with Crippen LogP contribution in [0.5, 0.6) is 0 Å². The summed E-state index contributed by atoms with van der Waals surface area (Å²) in [6, 6.07) is 0.626. The van der Waals surface area contributed by atoms with E-state index in [4.69, 9.17) is 5.73 Å². The van der Waals surface area contributed by atoms with Gasteiger partial charge in [0.25, 0.3) is 0 Å². The van der Waals surface area contributed by atoms with Gasteiger partial charge in [-0.3, -0.25) is 0 Å². The van der Waals surface area contributed by atoms with Gasteiger partial charge >= 0.3 is 0 Å². The molecule has 0 aliphatic heterocycles. The Morgan fingerprint density at radius 1 is 1.56 bits per heavy atom. The van der Waals surface area contributed by atoms with Crippen molar-refractivity contribution in [2.75, 3.05) is 12.0 Å². The summed E-state index contributed by atoms with van der Waals surface area (Å²) in [5.74, 6) is 2.06. The van der Waals surface area contributed by atoms with Crippen LogP contribution >= 0.6 is 11.8 Å². The lowest BCUT2D eigenvalue weighted by molar-refractivity contribution is 0.473. The van der Waals surface area contributed by atoms with Gasteiger partial charge in [-0.05, 0) is 31.3 Å². The van der Waals surface area contributed by atoms with Crippen LogP contribution in [0.4, 0.5) is 0 Å². The first-order valence-electron chi connectivity index (χ1n) is 5.97. The molecule has 0 amide bonds. The van der Waals surface area contributed by atoms with Gasteiger partial charge in [0.1, 0.15) is 12.2 Å². The Balaban J connectivity index is 2.05. The zero-order valence-electron chi connectivity index (χ0n) is 9.80. The standard InChI is InChI=1S/C11H20N4S/c1-16-7-6-10(12)11-14-13-8-15(11)9-4-2-3-5-9/h8-10H,2-7,12H2,1H3/t10-/m0/s1. The number of thioether (sulfide) groups is 1. The van der Waals surface area contributed by atoms with Crippen LogP contribution in [0.1, 0.15) is 50.0 Å². The average molecular weight is 240 g/mol. The molecule has 4 nitrogen and oxygen atoms in total. The quantitative estimate of drug-likeness (QED) is 0.856. The molecule has 0 bridgehead atoms. The van der Waals surface area contributed by atoms with E-state index in [1.165, 1.54) is 25.7 Å². The second-order valence-electron chi connectivity index (χ2n) is 4.42. The molecule has 16 heavy (non-hydrogen) atoms. The first-order valence-corrected chi connectivity index (χ1v) is 7.36. The minimum atomic E-state index is 0.0375. The number of nitrogens with two attached hydrogens (primary N) is 1. The third-order valence-electron chi connectivity index (χ3n) is 3.28. The predicted octanol–water partition coefficient (Wildman–Crippen LogP) is 2.15. The fourth-order valence-electron chi connectivity index (χ4n) is 2.35. The minimum absolute atomic E-state index is 0.0375. The zero-order valence-corrected chi connectivity index (χ0v) is 10.6. The van der Waals surface area contributed by atoms with Gasteiger partial charge in [0.2, 0.25) is 0 Å². The van der Waals surface area contributed by atoms with Crippen molar-refractivity contribution in [3.05, 3.63) is 12.2 Å². The molecule has 1 heterocycles. The third-order valence-corrected chi connectivity index (χ3v) is 3.93. The summed E-state index contributed by atoms with van der Waals surface area (Å²) in [7, 11) is 0. The number of hydrogen-bond donors (Lipinski definition) is 1. The van der Waals surface area contributed by atoms with Gasteiger partial charge in [-0.1, -0.05) is 12.8 Å². The molecule has 0 radical (unpaired) electrons. The zero-order chi connectivity index (χ0) is 11.4. The second kappa shape index (κ2) is 5.68. The molecule has 90 valence electrons. The highest BCUT2D eigenvalue weighted by atomic mass is 32.2. The number of rotatable bonds is 5. The van der Waals surface area contributed by atoms with Gasteiger partial charge in [-0.25, -0.2) is 0 Å². The largest absolute Gasteiger partial charge is 0.321 e. The molecule has 2 N–H and O–H groups in total. The summed E-state index contributed by atoms with van der Waals surface area (Å²) in [5, 5.41) is 8.21. The van der Waals surface area contributed by atoms with Crippen LogP contribution < -0.4 is 5.73 Å². The first kappa shape index (κ1) is 11.9. The van der Waals surface area contributed by atoms with Crippen LogP contribution in [0.15, 0.2) is 6.33 Å². The van der Waals surface area contributed by atoms with Crippen LogP contribution in [0.2, 0.25) is 0 Å². The van der Waals surface area contributed by atoms with Crippen LogP contribution in [0, 0.1) is 0 Å². The van der Waals surface area contributed by atoms with Crippen molar-refractivity contribution in [2.45, 2.75) is 44.2 Å². The maximum absolute atomic E-state index is 6.16. The van der Waals surface area contributed by atoms with Gasteiger partial charge in [0, 0.05) is 6.04 Å². The molecule has 2 rings (SSSR count). The topological polar surface area (TPSA) is 56.7 Å². The minimum Gasteiger partial charge on any atom is -0.321 e. The molecule has 1 atom stereocenters. The van der Waals surface area contributed by atoms with E-state index in [2.05, 4.69) is 21.0 Å². The average Bonchev–Trinajstić information content (AvgIpc) is 2.94. The lowest BCUT2D eigenvalue weighted by Crippen LogP contribution is -2.19. The van der Waals surface area contributed by atoms with Crippen LogP contribution in [0.3, 0.4) is 0 Å². The second-order valence-corrected chi connectivity index (χ2v) is 5.41. The lowest BCUT2D eigenvalue weighted by atomic mass is 10.2. The van der Waals surface area contributed by atoms with E-state index in [0.717, 1.165) is 18.0 Å². The van der Waals surface area contributed by atoms with Gasteiger partial charge in [-0.15, -0.1) is 10.2 Å². The Kier molecular flexibility index (Phi) is 4.23. The van der Waals surface area contributed by atoms with Crippen LogP contribution in [-0.4, -0.2) is 26.8 Å². The first-order chi connectivity index (χ1) is 7.83. The Bertz CT molecular complexity index is 320. The van der Waals surface area contributed by atoms with Gasteiger partial charge < -0.3 is 10.3 Å². The SMILES string of the molecule is CSCC[C@H](N)c1nncn1C1CCCC1. The third kappa shape index (κ3) is 2.58. The molecule has 5 heteroatoms. The summed E-state index contributed by atoms with van der Waals surface area (Å²) < 4.78 is 2.21. The highest BCUT2D eigenvalue weighted by Crippen LogP contribution is 2.31. The van der Waals surface area contributed by atoms with E-state index in [0.29, 0.717) is 6.04 Å². The normalized spacial score (nSPS) is 19.1. The molecule has 0 saturated heterocycles. The molecule has 1 fully saturated rings. The smallest absolute Gasteiger partial charge is 0.150 e. The Labute approximate surface area is 101 Å². The number of nitrogens with zero attached hydrogens (tertiary/aromatic N) is 3. The van der Waals surface area contributed by atoms with Crippen molar-refractivity contribution >= 4 is 11.8 Å². The molecular weight excluding hydrogens is 220 g/mol. The van der Waals surface area contributed by atoms with Crippen molar-refractivity contribution in [3.8, 4) is 0 Å². The van der Waals surface area contributed by atoms with Crippen LogP contribution in [-0.2, 0) is 0 Å². The molecule has 1 saturated carbocycles. The molecule has 1 aromatic rings. The summed E-state index contributed by atoms with van der Waals surface area (Å²) >= 11 is 1.83.